The Labute approximate surface area is 143 Å². The third-order valence-corrected chi connectivity index (χ3v) is 3.83. The fourth-order valence-electron chi connectivity index (χ4n) is 2.25. The van der Waals surface area contributed by atoms with E-state index < -0.39 is 0 Å². The summed E-state index contributed by atoms with van der Waals surface area (Å²) in [5.74, 6) is 0.505. The van der Waals surface area contributed by atoms with Crippen LogP contribution < -0.4 is 15.5 Å². The molecule has 0 radical (unpaired) electrons. The highest BCUT2D eigenvalue weighted by Crippen LogP contribution is 2.12. The lowest BCUT2D eigenvalue weighted by Crippen LogP contribution is -2.36. The molecule has 2 aromatic carbocycles. The van der Waals surface area contributed by atoms with Crippen molar-refractivity contribution in [1.82, 2.24) is 10.6 Å². The molecule has 0 amide bonds. The summed E-state index contributed by atoms with van der Waals surface area (Å²) in [6.45, 7) is 2.96. The molecule has 0 bridgehead atoms. The summed E-state index contributed by atoms with van der Waals surface area (Å²) >= 11 is 0. The van der Waals surface area contributed by atoms with Gasteiger partial charge < -0.3 is 15.5 Å². The fourth-order valence-corrected chi connectivity index (χ4v) is 2.25. The number of nitrogens with zero attached hydrogens (tertiary/aromatic N) is 2. The number of hydrogen-bond donors (Lipinski definition) is 2. The van der Waals surface area contributed by atoms with Crippen molar-refractivity contribution in [2.45, 2.75) is 20.0 Å². The van der Waals surface area contributed by atoms with Crippen molar-refractivity contribution in [3.63, 3.8) is 0 Å². The summed E-state index contributed by atoms with van der Waals surface area (Å²) < 4.78 is 13.6. The van der Waals surface area contributed by atoms with Crippen LogP contribution in [0.3, 0.4) is 0 Å². The van der Waals surface area contributed by atoms with Crippen molar-refractivity contribution in [1.29, 1.82) is 0 Å². The normalized spacial score (nSPS) is 11.3. The second kappa shape index (κ2) is 8.34. The Morgan fingerprint density at radius 1 is 1.00 bits per heavy atom. The standard InChI is InChI=1S/C19H25FN4/c1-14-5-6-16(11-18(14)20)13-23-19(21-2)22-12-15-7-9-17(10-8-15)24(3)4/h5-11H,12-13H2,1-4H3,(H2,21,22,23). The number of anilines is 1. The van der Waals surface area contributed by atoms with Crippen LogP contribution in [0.1, 0.15) is 16.7 Å². The van der Waals surface area contributed by atoms with Crippen LogP contribution in [0.2, 0.25) is 0 Å². The molecule has 24 heavy (non-hydrogen) atoms. The monoisotopic (exact) mass is 328 g/mol. The maximum Gasteiger partial charge on any atom is 0.191 e. The van der Waals surface area contributed by atoms with E-state index in [0.717, 1.165) is 5.56 Å². The SMILES string of the molecule is CN=C(NCc1ccc(N(C)C)cc1)NCc1ccc(C)c(F)c1. The molecule has 0 saturated carbocycles. The van der Waals surface area contributed by atoms with Gasteiger partial charge in [-0.1, -0.05) is 24.3 Å². The Hall–Kier alpha value is -2.56. The van der Waals surface area contributed by atoms with E-state index in [9.17, 15) is 4.39 Å². The topological polar surface area (TPSA) is 39.7 Å². The summed E-state index contributed by atoms with van der Waals surface area (Å²) in [6, 6.07) is 13.6. The summed E-state index contributed by atoms with van der Waals surface area (Å²) in [5.41, 5.74) is 3.88. The van der Waals surface area contributed by atoms with Crippen molar-refractivity contribution < 1.29 is 4.39 Å². The molecular formula is C19H25FN4. The zero-order chi connectivity index (χ0) is 17.5. The third kappa shape index (κ3) is 4.98. The van der Waals surface area contributed by atoms with Crippen LogP contribution in [0, 0.1) is 12.7 Å². The van der Waals surface area contributed by atoms with Gasteiger partial charge in [-0.2, -0.15) is 0 Å². The molecular weight excluding hydrogens is 303 g/mol. The molecule has 0 spiro atoms. The summed E-state index contributed by atoms with van der Waals surface area (Å²) in [7, 11) is 5.76. The van der Waals surface area contributed by atoms with Crippen LogP contribution in [-0.4, -0.2) is 27.1 Å². The van der Waals surface area contributed by atoms with Gasteiger partial charge in [0, 0.05) is 39.9 Å². The molecule has 2 N–H and O–H groups in total. The molecule has 2 rings (SSSR count). The lowest BCUT2D eigenvalue weighted by molar-refractivity contribution is 0.615. The molecule has 0 unspecified atom stereocenters. The maximum atomic E-state index is 13.6. The average molecular weight is 328 g/mol. The van der Waals surface area contributed by atoms with Crippen molar-refractivity contribution >= 4 is 11.6 Å². The molecule has 2 aromatic rings. The average Bonchev–Trinajstić information content (AvgIpc) is 2.58. The number of aryl methyl sites for hydroxylation is 1. The molecule has 4 nitrogen and oxygen atoms in total. The van der Waals surface area contributed by atoms with Gasteiger partial charge in [-0.25, -0.2) is 4.39 Å². The van der Waals surface area contributed by atoms with E-state index in [4.69, 9.17) is 0 Å². The molecule has 0 aliphatic carbocycles. The quantitative estimate of drug-likeness (QED) is 0.654. The molecule has 5 heteroatoms. The number of guanidine groups is 1. The van der Waals surface area contributed by atoms with Crippen molar-refractivity contribution in [3.8, 4) is 0 Å². The molecule has 0 saturated heterocycles. The van der Waals surface area contributed by atoms with E-state index in [1.54, 1.807) is 26.1 Å². The highest BCUT2D eigenvalue weighted by atomic mass is 19.1. The number of benzene rings is 2. The largest absolute Gasteiger partial charge is 0.378 e. The van der Waals surface area contributed by atoms with E-state index in [2.05, 4.69) is 44.8 Å². The van der Waals surface area contributed by atoms with Crippen LogP contribution in [0.25, 0.3) is 0 Å². The predicted molar refractivity (Wildman–Crippen MR) is 98.9 cm³/mol. The molecule has 0 atom stereocenters. The Bertz CT molecular complexity index is 693. The van der Waals surface area contributed by atoms with Crippen LogP contribution in [-0.2, 0) is 13.1 Å². The Morgan fingerprint density at radius 3 is 2.12 bits per heavy atom. The molecule has 0 aromatic heterocycles. The summed E-state index contributed by atoms with van der Waals surface area (Å²) in [6.07, 6.45) is 0. The van der Waals surface area contributed by atoms with Gasteiger partial charge in [-0.05, 0) is 41.8 Å². The molecule has 0 heterocycles. The zero-order valence-electron chi connectivity index (χ0n) is 14.7. The summed E-state index contributed by atoms with van der Waals surface area (Å²) in [5, 5.41) is 6.46. The molecule has 0 aliphatic heterocycles. The van der Waals surface area contributed by atoms with Gasteiger partial charge in [-0.15, -0.1) is 0 Å². The summed E-state index contributed by atoms with van der Waals surface area (Å²) in [4.78, 5) is 6.26. The van der Waals surface area contributed by atoms with Crippen molar-refractivity contribution in [2.24, 2.45) is 4.99 Å². The second-order valence-corrected chi connectivity index (χ2v) is 5.92. The number of halogens is 1. The Morgan fingerprint density at radius 2 is 1.58 bits per heavy atom. The van der Waals surface area contributed by atoms with E-state index in [-0.39, 0.29) is 5.82 Å². The lowest BCUT2D eigenvalue weighted by Gasteiger charge is -2.14. The number of hydrogen-bond acceptors (Lipinski definition) is 2. The third-order valence-electron chi connectivity index (χ3n) is 3.83. The van der Waals surface area contributed by atoms with Gasteiger partial charge in [0.15, 0.2) is 5.96 Å². The van der Waals surface area contributed by atoms with Gasteiger partial charge in [-0.3, -0.25) is 4.99 Å². The van der Waals surface area contributed by atoms with Crippen LogP contribution >= 0.6 is 0 Å². The first-order valence-electron chi connectivity index (χ1n) is 7.95. The molecule has 128 valence electrons. The van der Waals surface area contributed by atoms with E-state index >= 15 is 0 Å². The number of rotatable bonds is 5. The van der Waals surface area contributed by atoms with Crippen molar-refractivity contribution in [2.75, 3.05) is 26.0 Å². The second-order valence-electron chi connectivity index (χ2n) is 5.92. The highest BCUT2D eigenvalue weighted by Gasteiger charge is 2.02. The number of nitrogens with one attached hydrogen (secondary N) is 2. The van der Waals surface area contributed by atoms with E-state index in [0.29, 0.717) is 24.6 Å². The van der Waals surface area contributed by atoms with E-state index in [1.807, 2.05) is 20.2 Å². The van der Waals surface area contributed by atoms with Gasteiger partial charge in [0.05, 0.1) is 0 Å². The smallest absolute Gasteiger partial charge is 0.191 e. The predicted octanol–water partition coefficient (Wildman–Crippen LogP) is 3.07. The first-order valence-corrected chi connectivity index (χ1v) is 7.95. The first kappa shape index (κ1) is 17.8. The van der Waals surface area contributed by atoms with Crippen LogP contribution in [0.15, 0.2) is 47.5 Å². The van der Waals surface area contributed by atoms with Crippen LogP contribution in [0.4, 0.5) is 10.1 Å². The minimum absolute atomic E-state index is 0.182. The minimum atomic E-state index is -0.182. The van der Waals surface area contributed by atoms with Gasteiger partial charge in [0.25, 0.3) is 0 Å². The van der Waals surface area contributed by atoms with E-state index in [1.165, 1.54) is 11.3 Å². The van der Waals surface area contributed by atoms with Crippen molar-refractivity contribution in [3.05, 3.63) is 65.0 Å². The van der Waals surface area contributed by atoms with Gasteiger partial charge >= 0.3 is 0 Å². The highest BCUT2D eigenvalue weighted by molar-refractivity contribution is 5.79. The minimum Gasteiger partial charge on any atom is -0.378 e. The Kier molecular flexibility index (Phi) is 6.18. The maximum absolute atomic E-state index is 13.6. The molecule has 0 fully saturated rings. The van der Waals surface area contributed by atoms with Gasteiger partial charge in [0.1, 0.15) is 5.82 Å². The zero-order valence-corrected chi connectivity index (χ0v) is 14.7. The lowest BCUT2D eigenvalue weighted by atomic mass is 10.1. The Balaban J connectivity index is 1.87. The van der Waals surface area contributed by atoms with Gasteiger partial charge in [0.2, 0.25) is 0 Å². The fraction of sp³-hybridized carbons (Fsp3) is 0.316. The molecule has 0 aliphatic rings. The first-order chi connectivity index (χ1) is 11.5. The van der Waals surface area contributed by atoms with Crippen LogP contribution in [0.5, 0.6) is 0 Å². The number of aliphatic imine (C=N–C) groups is 1.